The highest BCUT2D eigenvalue weighted by Crippen LogP contribution is 2.33. The van der Waals surface area contributed by atoms with E-state index < -0.39 is 0 Å². The number of nitrogens with one attached hydrogen (secondary N) is 1. The molecule has 0 saturated carbocycles. The summed E-state index contributed by atoms with van der Waals surface area (Å²) in [4.78, 5) is 15.8. The molecule has 0 radical (unpaired) electrons. The molecule has 1 atom stereocenters. The zero-order valence-corrected chi connectivity index (χ0v) is 16.9. The van der Waals surface area contributed by atoms with Gasteiger partial charge in [-0.05, 0) is 18.1 Å². The van der Waals surface area contributed by atoms with Crippen molar-refractivity contribution in [2.45, 2.75) is 26.5 Å². The number of fused-ring (bicyclic) bond motifs is 1. The topological polar surface area (TPSA) is 50.8 Å². The van der Waals surface area contributed by atoms with Gasteiger partial charge >= 0.3 is 0 Å². The molecule has 1 saturated heterocycles. The summed E-state index contributed by atoms with van der Waals surface area (Å²) in [6.07, 6.45) is 0. The van der Waals surface area contributed by atoms with Crippen molar-refractivity contribution < 1.29 is 18.7 Å². The third-order valence-electron chi connectivity index (χ3n) is 5.01. The fraction of sp³-hybridized carbons (Fsp3) is 0.550. The zero-order valence-electron chi connectivity index (χ0n) is 16.1. The fourth-order valence-corrected chi connectivity index (χ4v) is 4.74. The predicted molar refractivity (Wildman–Crippen MR) is 106 cm³/mol. The number of amides is 1. The van der Waals surface area contributed by atoms with Crippen molar-refractivity contribution in [1.29, 1.82) is 0 Å². The predicted octanol–water partition coefficient (Wildman–Crippen LogP) is 3.27. The highest BCUT2D eigenvalue weighted by atomic mass is 32.1. The second kappa shape index (κ2) is 9.10. The molecule has 1 aromatic carbocycles. The van der Waals surface area contributed by atoms with Gasteiger partial charge in [-0.1, -0.05) is 19.9 Å². The Balaban J connectivity index is 1.79. The number of methoxy groups -OCH3 is 1. The lowest BCUT2D eigenvalue weighted by molar-refractivity contribution is 0.00673. The van der Waals surface area contributed by atoms with E-state index in [1.165, 1.54) is 17.4 Å². The molecule has 1 amide bonds. The lowest BCUT2D eigenvalue weighted by Crippen LogP contribution is -2.51. The van der Waals surface area contributed by atoms with Gasteiger partial charge in [-0.2, -0.15) is 0 Å². The average molecular weight is 395 g/mol. The summed E-state index contributed by atoms with van der Waals surface area (Å²) in [6.45, 7) is 8.30. The Kier molecular flexibility index (Phi) is 6.81. The van der Waals surface area contributed by atoms with E-state index in [4.69, 9.17) is 9.47 Å². The molecule has 1 N–H and O–H groups in total. The van der Waals surface area contributed by atoms with E-state index in [9.17, 15) is 9.18 Å². The van der Waals surface area contributed by atoms with Crippen molar-refractivity contribution in [2.24, 2.45) is 5.92 Å². The molecule has 27 heavy (non-hydrogen) atoms. The van der Waals surface area contributed by atoms with Gasteiger partial charge in [0.15, 0.2) is 0 Å². The lowest BCUT2D eigenvalue weighted by Gasteiger charge is -2.36. The van der Waals surface area contributed by atoms with Gasteiger partial charge in [-0.3, -0.25) is 9.69 Å². The summed E-state index contributed by atoms with van der Waals surface area (Å²) < 4.78 is 25.7. The van der Waals surface area contributed by atoms with E-state index in [1.54, 1.807) is 13.2 Å². The Morgan fingerprint density at radius 3 is 2.78 bits per heavy atom. The first-order valence-corrected chi connectivity index (χ1v) is 10.1. The van der Waals surface area contributed by atoms with Gasteiger partial charge in [-0.15, -0.1) is 11.3 Å². The first-order chi connectivity index (χ1) is 13.0. The maximum atomic E-state index is 14.3. The minimum Gasteiger partial charge on any atom is -0.380 e. The van der Waals surface area contributed by atoms with Crippen molar-refractivity contribution in [2.75, 3.05) is 40.0 Å². The molecule has 2 heterocycles. The van der Waals surface area contributed by atoms with Crippen LogP contribution in [0.3, 0.4) is 0 Å². The van der Waals surface area contributed by atoms with Crippen molar-refractivity contribution in [3.63, 3.8) is 0 Å². The van der Waals surface area contributed by atoms with Crippen LogP contribution in [0.4, 0.5) is 4.39 Å². The van der Waals surface area contributed by atoms with Crippen LogP contribution < -0.4 is 5.32 Å². The summed E-state index contributed by atoms with van der Waals surface area (Å²) in [7, 11) is 1.55. The summed E-state index contributed by atoms with van der Waals surface area (Å²) in [5.74, 6) is -0.0773. The van der Waals surface area contributed by atoms with Crippen LogP contribution in [-0.4, -0.2) is 56.8 Å². The van der Waals surface area contributed by atoms with Crippen LogP contribution in [0.25, 0.3) is 10.1 Å². The van der Waals surface area contributed by atoms with E-state index >= 15 is 0 Å². The van der Waals surface area contributed by atoms with Gasteiger partial charge in [0.25, 0.3) is 5.91 Å². The maximum absolute atomic E-state index is 14.3. The molecular formula is C20H27FN2O3S. The first-order valence-electron chi connectivity index (χ1n) is 9.31. The monoisotopic (exact) mass is 394 g/mol. The molecule has 3 rings (SSSR count). The number of carbonyl (C=O) groups is 1. The molecule has 0 bridgehead atoms. The number of carbonyl (C=O) groups excluding carboxylic acids is 1. The van der Waals surface area contributed by atoms with E-state index in [1.807, 2.05) is 6.07 Å². The molecule has 1 aromatic heterocycles. The number of rotatable bonds is 7. The molecule has 0 spiro atoms. The first kappa shape index (κ1) is 20.2. The zero-order chi connectivity index (χ0) is 19.4. The van der Waals surface area contributed by atoms with Crippen LogP contribution in [-0.2, 0) is 16.1 Å². The normalized spacial score (nSPS) is 16.8. The van der Waals surface area contributed by atoms with Gasteiger partial charge in [0.05, 0.1) is 24.7 Å². The van der Waals surface area contributed by atoms with E-state index in [0.717, 1.165) is 31.0 Å². The summed E-state index contributed by atoms with van der Waals surface area (Å²) >= 11 is 1.32. The van der Waals surface area contributed by atoms with Crippen LogP contribution in [0.15, 0.2) is 18.2 Å². The molecule has 0 aliphatic carbocycles. The molecule has 1 aliphatic heterocycles. The van der Waals surface area contributed by atoms with Gasteiger partial charge in [0.1, 0.15) is 5.82 Å². The van der Waals surface area contributed by atoms with E-state index in [-0.39, 0.29) is 24.4 Å². The molecule has 1 aliphatic rings. The Labute approximate surface area is 163 Å². The summed E-state index contributed by atoms with van der Waals surface area (Å²) in [6, 6.07) is 5.17. The molecule has 5 nitrogen and oxygen atoms in total. The van der Waals surface area contributed by atoms with Gasteiger partial charge < -0.3 is 14.8 Å². The number of benzene rings is 1. The lowest BCUT2D eigenvalue weighted by atomic mass is 10.0. The Bertz CT molecular complexity index is 787. The minimum absolute atomic E-state index is 0.165. The number of thiophene rings is 1. The average Bonchev–Trinajstić information content (AvgIpc) is 3.03. The molecule has 1 fully saturated rings. The Morgan fingerprint density at radius 2 is 2.11 bits per heavy atom. The van der Waals surface area contributed by atoms with E-state index in [0.29, 0.717) is 28.3 Å². The number of hydrogen-bond donors (Lipinski definition) is 1. The highest BCUT2D eigenvalue weighted by Gasteiger charge is 2.26. The summed E-state index contributed by atoms with van der Waals surface area (Å²) in [5, 5.41) is 3.56. The smallest absolute Gasteiger partial charge is 0.261 e. The molecule has 1 unspecified atom stereocenters. The van der Waals surface area contributed by atoms with Crippen molar-refractivity contribution in [1.82, 2.24) is 10.2 Å². The largest absolute Gasteiger partial charge is 0.380 e. The number of hydrogen-bond acceptors (Lipinski definition) is 5. The highest BCUT2D eigenvalue weighted by molar-refractivity contribution is 7.21. The van der Waals surface area contributed by atoms with Crippen LogP contribution in [0.2, 0.25) is 0 Å². The van der Waals surface area contributed by atoms with Crippen LogP contribution in [0, 0.1) is 11.7 Å². The number of morpholine rings is 1. The maximum Gasteiger partial charge on any atom is 0.261 e. The van der Waals surface area contributed by atoms with Crippen molar-refractivity contribution >= 4 is 27.3 Å². The number of ether oxygens (including phenoxy) is 2. The molecule has 148 valence electrons. The Hall–Kier alpha value is -1.54. The second-order valence-electron chi connectivity index (χ2n) is 7.13. The SMILES string of the molecule is COCc1c(C(=O)NCC(C(C)C)N2CCOCC2)sc2cccc(F)c12. The van der Waals surface area contributed by atoms with E-state index in [2.05, 4.69) is 24.1 Å². The third-order valence-corrected chi connectivity index (χ3v) is 6.21. The molecule has 2 aromatic rings. The number of halogens is 1. The third kappa shape index (κ3) is 4.48. The van der Waals surface area contributed by atoms with Gasteiger partial charge in [0.2, 0.25) is 0 Å². The van der Waals surface area contributed by atoms with Gasteiger partial charge in [0, 0.05) is 48.4 Å². The molecular weight excluding hydrogens is 367 g/mol. The Morgan fingerprint density at radius 1 is 1.37 bits per heavy atom. The van der Waals surface area contributed by atoms with Gasteiger partial charge in [-0.25, -0.2) is 4.39 Å². The van der Waals surface area contributed by atoms with Crippen LogP contribution in [0.5, 0.6) is 0 Å². The van der Waals surface area contributed by atoms with Crippen molar-refractivity contribution in [3.8, 4) is 0 Å². The van der Waals surface area contributed by atoms with Crippen molar-refractivity contribution in [3.05, 3.63) is 34.5 Å². The number of nitrogens with zero attached hydrogens (tertiary/aromatic N) is 1. The standard InChI is InChI=1S/C20H27FN2O3S/c1-13(2)16(23-7-9-26-10-8-23)11-22-20(24)19-14(12-25-3)18-15(21)5-4-6-17(18)27-19/h4-6,13,16H,7-12H2,1-3H3,(H,22,24). The minimum atomic E-state index is -0.316. The van der Waals surface area contributed by atoms with Crippen LogP contribution in [0.1, 0.15) is 29.1 Å². The second-order valence-corrected chi connectivity index (χ2v) is 8.18. The fourth-order valence-electron chi connectivity index (χ4n) is 3.61. The van der Waals surface area contributed by atoms with Crippen LogP contribution >= 0.6 is 11.3 Å². The molecule has 7 heteroatoms. The summed E-state index contributed by atoms with van der Waals surface area (Å²) in [5.41, 5.74) is 0.626. The quantitative estimate of drug-likeness (QED) is 0.783.